The van der Waals surface area contributed by atoms with E-state index in [4.69, 9.17) is 8.83 Å². The molecular weight excluding hydrogens is 878 g/mol. The average molecular weight is 926 g/mol. The van der Waals surface area contributed by atoms with Crippen LogP contribution >= 0.6 is 0 Å². The highest BCUT2D eigenvalue weighted by Crippen LogP contribution is 2.49. The molecule has 0 spiro atoms. The maximum absolute atomic E-state index is 6.38. The molecule has 10 aromatic carbocycles. The van der Waals surface area contributed by atoms with Crippen molar-refractivity contribution in [3.8, 4) is 22.6 Å². The van der Waals surface area contributed by atoms with Crippen molar-refractivity contribution in [3.63, 3.8) is 0 Å². The van der Waals surface area contributed by atoms with Crippen molar-refractivity contribution >= 4 is 107 Å². The van der Waals surface area contributed by atoms with Gasteiger partial charge in [-0.15, -0.1) is 0 Å². The van der Waals surface area contributed by atoms with E-state index in [1.165, 1.54) is 27.6 Å². The summed E-state index contributed by atoms with van der Waals surface area (Å²) < 4.78 is 12.7. The second-order valence-electron chi connectivity index (χ2n) is 20.2. The Kier molecular flexibility index (Phi) is 9.49. The van der Waals surface area contributed by atoms with Crippen LogP contribution in [-0.4, -0.2) is 6.71 Å². The van der Waals surface area contributed by atoms with Crippen LogP contribution in [0.25, 0.3) is 55.4 Å². The van der Waals surface area contributed by atoms with Crippen molar-refractivity contribution in [2.45, 2.75) is 26.2 Å². The quantitative estimate of drug-likeness (QED) is 0.149. The van der Waals surface area contributed by atoms with Gasteiger partial charge in [0.2, 0.25) is 0 Å². The summed E-state index contributed by atoms with van der Waals surface area (Å²) in [6.07, 6.45) is 0. The molecular formula is C66H48BN3O2. The third-order valence-corrected chi connectivity index (χ3v) is 14.8. The van der Waals surface area contributed by atoms with E-state index < -0.39 is 0 Å². The topological polar surface area (TPSA) is 36.0 Å². The number of fused-ring (bicyclic) bond motifs is 7. The number of hydrogen-bond acceptors (Lipinski definition) is 5. The molecule has 2 aromatic heterocycles. The van der Waals surface area contributed by atoms with Crippen molar-refractivity contribution in [2.24, 2.45) is 0 Å². The summed E-state index contributed by atoms with van der Waals surface area (Å²) in [5.74, 6) is 1.72. The third kappa shape index (κ3) is 6.86. The van der Waals surface area contributed by atoms with Gasteiger partial charge in [0.25, 0.3) is 6.71 Å². The zero-order chi connectivity index (χ0) is 48.1. The molecule has 2 aliphatic heterocycles. The minimum atomic E-state index is -0.0105. The van der Waals surface area contributed by atoms with Gasteiger partial charge in [-0.25, -0.2) is 0 Å². The fourth-order valence-corrected chi connectivity index (χ4v) is 11.3. The molecule has 0 aliphatic carbocycles. The minimum absolute atomic E-state index is 0.00765. The standard InChI is InChI=1S/C66H48BN3O2/c1-66(2,3)49-30-35-51(36-31-49)68(53-34-29-44-37-48(26-25-45(44)38-53)64-40-47-16-8-14-24-62(47)72-64)54-41-59-65-60(42-54)70(52-32-27-43(28-33-52)63-39-46-15-7-13-23-61(46)71-63)58-22-12-10-20-56(58)67(65)55-19-9-11-21-57(55)69(59)50-17-5-4-6-18-50/h4-42H,1-3H3. The molecule has 0 radical (unpaired) electrons. The maximum atomic E-state index is 6.38. The van der Waals surface area contributed by atoms with Crippen molar-refractivity contribution in [2.75, 3.05) is 14.7 Å². The lowest BCUT2D eigenvalue weighted by molar-refractivity contribution is 0.590. The molecule has 0 unspecified atom stereocenters. The highest BCUT2D eigenvalue weighted by atomic mass is 16.3. The van der Waals surface area contributed by atoms with E-state index >= 15 is 0 Å². The Bertz CT molecular complexity index is 3990. The van der Waals surface area contributed by atoms with Crippen LogP contribution in [0, 0.1) is 0 Å². The average Bonchev–Trinajstić information content (AvgIpc) is 4.07. The van der Waals surface area contributed by atoms with Crippen LogP contribution in [0.15, 0.2) is 245 Å². The normalized spacial score (nSPS) is 12.8. The van der Waals surface area contributed by atoms with Gasteiger partial charge < -0.3 is 23.5 Å². The van der Waals surface area contributed by atoms with E-state index in [1.807, 2.05) is 24.3 Å². The van der Waals surface area contributed by atoms with Crippen LogP contribution < -0.4 is 31.1 Å². The Morgan fingerprint density at radius 1 is 0.375 bits per heavy atom. The second kappa shape index (κ2) is 16.3. The summed E-state index contributed by atoms with van der Waals surface area (Å²) in [5.41, 5.74) is 18.9. The minimum Gasteiger partial charge on any atom is -0.456 e. The SMILES string of the molecule is CC(C)(C)c1ccc(N(c2cc3c4c(c2)N(c2ccc(-c5cc6ccccc6o5)cc2)c2ccccc2B4c2ccccc2N3c2ccccc2)c2ccc3cc(-c4cc5ccccc5o4)ccc3c2)cc1. The predicted molar refractivity (Wildman–Crippen MR) is 302 cm³/mol. The van der Waals surface area contributed by atoms with Gasteiger partial charge in [-0.05, 0) is 153 Å². The number of furan rings is 2. The summed E-state index contributed by atoms with van der Waals surface area (Å²) in [4.78, 5) is 7.40. The molecule has 2 aliphatic rings. The van der Waals surface area contributed by atoms with E-state index in [0.29, 0.717) is 0 Å². The summed E-state index contributed by atoms with van der Waals surface area (Å²) in [6, 6.07) is 85.9. The Hall–Kier alpha value is -9.00. The Morgan fingerprint density at radius 3 is 1.49 bits per heavy atom. The van der Waals surface area contributed by atoms with E-state index in [0.717, 1.165) is 101 Å². The molecule has 0 N–H and O–H groups in total. The van der Waals surface area contributed by atoms with Crippen LogP contribution in [0.1, 0.15) is 26.3 Å². The van der Waals surface area contributed by atoms with Crippen molar-refractivity contribution < 1.29 is 8.83 Å². The van der Waals surface area contributed by atoms with Crippen LogP contribution in [0.5, 0.6) is 0 Å². The van der Waals surface area contributed by atoms with Gasteiger partial charge in [-0.2, -0.15) is 0 Å². The summed E-state index contributed by atoms with van der Waals surface area (Å²) >= 11 is 0. The number of anilines is 9. The van der Waals surface area contributed by atoms with Gasteiger partial charge in [0, 0.05) is 67.4 Å². The Morgan fingerprint density at radius 2 is 0.875 bits per heavy atom. The molecule has 12 aromatic rings. The predicted octanol–water partition coefficient (Wildman–Crippen LogP) is 16.5. The first-order chi connectivity index (χ1) is 35.3. The lowest BCUT2D eigenvalue weighted by atomic mass is 9.33. The van der Waals surface area contributed by atoms with Gasteiger partial charge in [-0.1, -0.05) is 142 Å². The molecule has 14 rings (SSSR count). The maximum Gasteiger partial charge on any atom is 0.252 e. The van der Waals surface area contributed by atoms with E-state index in [9.17, 15) is 0 Å². The highest BCUT2D eigenvalue weighted by molar-refractivity contribution is 7.00. The van der Waals surface area contributed by atoms with Gasteiger partial charge in [0.15, 0.2) is 0 Å². The molecule has 0 saturated carbocycles. The van der Waals surface area contributed by atoms with E-state index in [1.54, 1.807) is 0 Å². The van der Waals surface area contributed by atoms with Crippen molar-refractivity contribution in [3.05, 3.63) is 242 Å². The van der Waals surface area contributed by atoms with Crippen LogP contribution in [0.4, 0.5) is 51.2 Å². The van der Waals surface area contributed by atoms with E-state index in [2.05, 4.69) is 248 Å². The highest BCUT2D eigenvalue weighted by Gasteiger charge is 2.43. The number of nitrogens with zero attached hydrogens (tertiary/aromatic N) is 3. The van der Waals surface area contributed by atoms with Crippen LogP contribution in [0.3, 0.4) is 0 Å². The van der Waals surface area contributed by atoms with E-state index in [-0.39, 0.29) is 12.1 Å². The van der Waals surface area contributed by atoms with Crippen molar-refractivity contribution in [1.82, 2.24) is 0 Å². The number of benzene rings is 10. The molecule has 6 heteroatoms. The largest absolute Gasteiger partial charge is 0.456 e. The van der Waals surface area contributed by atoms with Gasteiger partial charge in [0.1, 0.15) is 22.7 Å². The summed E-state index contributed by atoms with van der Waals surface area (Å²) in [7, 11) is 0. The first-order valence-corrected chi connectivity index (χ1v) is 24.8. The number of hydrogen-bond donors (Lipinski definition) is 0. The summed E-state index contributed by atoms with van der Waals surface area (Å²) in [6.45, 7) is 6.82. The fourth-order valence-electron chi connectivity index (χ4n) is 11.3. The molecule has 0 saturated heterocycles. The number of para-hydroxylation sites is 5. The van der Waals surface area contributed by atoms with Gasteiger partial charge >= 0.3 is 0 Å². The van der Waals surface area contributed by atoms with Gasteiger partial charge in [-0.3, -0.25) is 0 Å². The Balaban J connectivity index is 0.996. The van der Waals surface area contributed by atoms with Crippen molar-refractivity contribution in [1.29, 1.82) is 0 Å². The molecule has 0 amide bonds. The molecule has 0 bridgehead atoms. The second-order valence-corrected chi connectivity index (χ2v) is 20.2. The zero-order valence-electron chi connectivity index (χ0n) is 40.3. The third-order valence-electron chi connectivity index (χ3n) is 14.8. The zero-order valence-corrected chi connectivity index (χ0v) is 40.3. The fraction of sp³-hybridized carbons (Fsp3) is 0.0606. The lowest BCUT2D eigenvalue weighted by Gasteiger charge is -2.45. The van der Waals surface area contributed by atoms with Gasteiger partial charge in [0.05, 0.1) is 5.69 Å². The summed E-state index contributed by atoms with van der Waals surface area (Å²) in [5, 5.41) is 4.48. The monoisotopic (exact) mass is 925 g/mol. The Labute approximate surface area is 419 Å². The smallest absolute Gasteiger partial charge is 0.252 e. The van der Waals surface area contributed by atoms with Crippen LogP contribution in [0.2, 0.25) is 0 Å². The molecule has 4 heterocycles. The molecule has 0 fully saturated rings. The van der Waals surface area contributed by atoms with Crippen LogP contribution in [-0.2, 0) is 5.41 Å². The molecule has 342 valence electrons. The molecule has 72 heavy (non-hydrogen) atoms. The first-order valence-electron chi connectivity index (χ1n) is 24.8. The lowest BCUT2D eigenvalue weighted by Crippen LogP contribution is -2.61. The molecule has 5 nitrogen and oxygen atoms in total. The first kappa shape index (κ1) is 41.9. The number of rotatable bonds is 7. The molecule has 0 atom stereocenters.